The first kappa shape index (κ1) is 15.9. The second-order valence-electron chi connectivity index (χ2n) is 5.07. The van der Waals surface area contributed by atoms with Crippen molar-refractivity contribution in [2.45, 2.75) is 51.7 Å². The van der Waals surface area contributed by atoms with Gasteiger partial charge in [0.2, 0.25) is 10.0 Å². The molecule has 1 saturated heterocycles. The van der Waals surface area contributed by atoms with Crippen LogP contribution in [-0.2, 0) is 14.8 Å². The van der Waals surface area contributed by atoms with Crippen LogP contribution < -0.4 is 10.0 Å². The summed E-state index contributed by atoms with van der Waals surface area (Å²) in [6, 6.07) is 0.466. The molecule has 1 atom stereocenters. The summed E-state index contributed by atoms with van der Waals surface area (Å²) in [5.74, 6) is 0.0449. The van der Waals surface area contributed by atoms with Crippen molar-refractivity contribution in [1.82, 2.24) is 10.0 Å². The molecule has 108 valence electrons. The Bertz CT molecular complexity index is 311. The number of hydrogen-bond donors (Lipinski definition) is 2. The Morgan fingerprint density at radius 3 is 2.78 bits per heavy atom. The van der Waals surface area contributed by atoms with Crippen LogP contribution in [0.1, 0.15) is 39.5 Å². The number of piperidine rings is 1. The molecule has 1 rings (SSSR count). The number of ether oxygens (including phenoxy) is 1. The molecule has 1 aliphatic heterocycles. The van der Waals surface area contributed by atoms with E-state index in [9.17, 15) is 8.42 Å². The third kappa shape index (κ3) is 7.31. The van der Waals surface area contributed by atoms with E-state index in [1.807, 2.05) is 13.8 Å². The zero-order valence-electron chi connectivity index (χ0n) is 11.4. The van der Waals surface area contributed by atoms with Gasteiger partial charge in [0.1, 0.15) is 0 Å². The average Bonchev–Trinajstić information content (AvgIpc) is 2.29. The number of nitrogens with one attached hydrogen (secondary N) is 2. The molecule has 0 aromatic heterocycles. The van der Waals surface area contributed by atoms with Crippen molar-refractivity contribution in [2.24, 2.45) is 0 Å². The maximum atomic E-state index is 11.6. The number of hydrogen-bond acceptors (Lipinski definition) is 4. The minimum absolute atomic E-state index is 0.0449. The van der Waals surface area contributed by atoms with Gasteiger partial charge >= 0.3 is 0 Å². The molecular weight excluding hydrogens is 252 g/mol. The van der Waals surface area contributed by atoms with Gasteiger partial charge in [-0.15, -0.1) is 0 Å². The van der Waals surface area contributed by atoms with Crippen molar-refractivity contribution >= 4 is 10.0 Å². The van der Waals surface area contributed by atoms with Crippen LogP contribution >= 0.6 is 0 Å². The zero-order valence-corrected chi connectivity index (χ0v) is 12.3. The molecule has 0 spiro atoms. The second kappa shape index (κ2) is 8.09. The topological polar surface area (TPSA) is 67.4 Å². The summed E-state index contributed by atoms with van der Waals surface area (Å²) in [6.07, 6.45) is 4.57. The molecule has 0 aromatic carbocycles. The van der Waals surface area contributed by atoms with Gasteiger partial charge in [-0.1, -0.05) is 6.42 Å². The van der Waals surface area contributed by atoms with Crippen molar-refractivity contribution in [2.75, 3.05) is 25.4 Å². The first-order chi connectivity index (χ1) is 8.49. The number of rotatable bonds is 8. The van der Waals surface area contributed by atoms with E-state index in [-0.39, 0.29) is 18.5 Å². The lowest BCUT2D eigenvalue weighted by Gasteiger charge is -2.23. The minimum Gasteiger partial charge on any atom is -0.378 e. The predicted molar refractivity (Wildman–Crippen MR) is 73.1 cm³/mol. The summed E-state index contributed by atoms with van der Waals surface area (Å²) in [6.45, 7) is 5.62. The SMILES string of the molecule is CC(C)OCCS(=O)(=O)NCCC1CCCCN1. The summed E-state index contributed by atoms with van der Waals surface area (Å²) in [5, 5.41) is 3.40. The van der Waals surface area contributed by atoms with Crippen LogP contribution in [0.25, 0.3) is 0 Å². The molecule has 1 aliphatic rings. The molecule has 0 amide bonds. The Hall–Kier alpha value is -0.170. The molecule has 18 heavy (non-hydrogen) atoms. The molecular formula is C12H26N2O3S. The second-order valence-corrected chi connectivity index (χ2v) is 6.99. The molecule has 1 unspecified atom stereocenters. The lowest BCUT2D eigenvalue weighted by Crippen LogP contribution is -2.38. The van der Waals surface area contributed by atoms with E-state index in [1.165, 1.54) is 12.8 Å². The van der Waals surface area contributed by atoms with E-state index in [1.54, 1.807) is 0 Å². The van der Waals surface area contributed by atoms with E-state index < -0.39 is 10.0 Å². The maximum absolute atomic E-state index is 11.6. The fraction of sp³-hybridized carbons (Fsp3) is 1.00. The number of sulfonamides is 1. The van der Waals surface area contributed by atoms with Gasteiger partial charge in [-0.05, 0) is 39.7 Å². The summed E-state index contributed by atoms with van der Waals surface area (Å²) in [7, 11) is -3.18. The van der Waals surface area contributed by atoms with E-state index >= 15 is 0 Å². The summed E-state index contributed by atoms with van der Waals surface area (Å²) in [4.78, 5) is 0. The van der Waals surface area contributed by atoms with Crippen LogP contribution in [0.2, 0.25) is 0 Å². The molecule has 0 aliphatic carbocycles. The van der Waals surface area contributed by atoms with Crippen LogP contribution in [0.4, 0.5) is 0 Å². The van der Waals surface area contributed by atoms with E-state index in [0.717, 1.165) is 19.4 Å². The lowest BCUT2D eigenvalue weighted by molar-refractivity contribution is 0.0911. The molecule has 2 N–H and O–H groups in total. The molecule has 0 radical (unpaired) electrons. The van der Waals surface area contributed by atoms with Crippen LogP contribution in [0.3, 0.4) is 0 Å². The van der Waals surface area contributed by atoms with Crippen LogP contribution in [0, 0.1) is 0 Å². The highest BCUT2D eigenvalue weighted by atomic mass is 32.2. The largest absolute Gasteiger partial charge is 0.378 e. The summed E-state index contributed by atoms with van der Waals surface area (Å²) < 4.78 is 31.2. The van der Waals surface area contributed by atoms with Gasteiger partial charge in [0, 0.05) is 12.6 Å². The Morgan fingerprint density at radius 2 is 2.17 bits per heavy atom. The first-order valence-corrected chi connectivity index (χ1v) is 8.47. The predicted octanol–water partition coefficient (Wildman–Crippen LogP) is 0.863. The van der Waals surface area contributed by atoms with E-state index in [4.69, 9.17) is 4.74 Å². The van der Waals surface area contributed by atoms with Gasteiger partial charge in [-0.3, -0.25) is 0 Å². The fourth-order valence-corrected chi connectivity index (χ4v) is 2.91. The third-order valence-electron chi connectivity index (χ3n) is 3.03. The molecule has 1 fully saturated rings. The molecule has 0 bridgehead atoms. The Labute approximate surface area is 111 Å². The Kier molecular flexibility index (Phi) is 7.14. The molecule has 5 nitrogen and oxygen atoms in total. The van der Waals surface area contributed by atoms with Crippen LogP contribution in [0.15, 0.2) is 0 Å². The quantitative estimate of drug-likeness (QED) is 0.691. The molecule has 6 heteroatoms. The van der Waals surface area contributed by atoms with Crippen molar-refractivity contribution in [3.05, 3.63) is 0 Å². The molecule has 1 heterocycles. The average molecular weight is 278 g/mol. The zero-order chi connectivity index (χ0) is 13.4. The smallest absolute Gasteiger partial charge is 0.213 e. The summed E-state index contributed by atoms with van der Waals surface area (Å²) >= 11 is 0. The van der Waals surface area contributed by atoms with Crippen LogP contribution in [0.5, 0.6) is 0 Å². The highest BCUT2D eigenvalue weighted by Crippen LogP contribution is 2.09. The third-order valence-corrected chi connectivity index (χ3v) is 4.38. The lowest BCUT2D eigenvalue weighted by atomic mass is 10.0. The Balaban J connectivity index is 2.12. The van der Waals surface area contributed by atoms with Gasteiger partial charge in [0.15, 0.2) is 0 Å². The van der Waals surface area contributed by atoms with Crippen molar-refractivity contribution in [3.8, 4) is 0 Å². The minimum atomic E-state index is -3.18. The van der Waals surface area contributed by atoms with Gasteiger partial charge in [-0.25, -0.2) is 13.1 Å². The first-order valence-electron chi connectivity index (χ1n) is 6.82. The van der Waals surface area contributed by atoms with E-state index in [0.29, 0.717) is 12.6 Å². The highest BCUT2D eigenvalue weighted by molar-refractivity contribution is 7.89. The van der Waals surface area contributed by atoms with Gasteiger partial charge in [-0.2, -0.15) is 0 Å². The Morgan fingerprint density at radius 1 is 1.39 bits per heavy atom. The van der Waals surface area contributed by atoms with Gasteiger partial charge in [0.05, 0.1) is 18.5 Å². The van der Waals surface area contributed by atoms with Crippen LogP contribution in [-0.4, -0.2) is 46.0 Å². The van der Waals surface area contributed by atoms with Crippen molar-refractivity contribution in [1.29, 1.82) is 0 Å². The molecule has 0 saturated carbocycles. The maximum Gasteiger partial charge on any atom is 0.213 e. The van der Waals surface area contributed by atoms with Crippen molar-refractivity contribution < 1.29 is 13.2 Å². The highest BCUT2D eigenvalue weighted by Gasteiger charge is 2.14. The summed E-state index contributed by atoms with van der Waals surface area (Å²) in [5.41, 5.74) is 0. The van der Waals surface area contributed by atoms with E-state index in [2.05, 4.69) is 10.0 Å². The standard InChI is InChI=1S/C12H26N2O3S/c1-11(2)17-9-10-18(15,16)14-8-6-12-5-3-4-7-13-12/h11-14H,3-10H2,1-2H3. The van der Waals surface area contributed by atoms with Gasteiger partial charge in [0.25, 0.3) is 0 Å². The van der Waals surface area contributed by atoms with Gasteiger partial charge < -0.3 is 10.1 Å². The monoisotopic (exact) mass is 278 g/mol. The fourth-order valence-electron chi connectivity index (χ4n) is 2.02. The normalized spacial score (nSPS) is 21.4. The van der Waals surface area contributed by atoms with Crippen molar-refractivity contribution in [3.63, 3.8) is 0 Å². The molecule has 0 aromatic rings.